The molecule has 2 fully saturated rings. The highest BCUT2D eigenvalue weighted by Gasteiger charge is 2.65. The van der Waals surface area contributed by atoms with E-state index in [0.717, 1.165) is 17.2 Å². The Hall–Kier alpha value is -3.87. The lowest BCUT2D eigenvalue weighted by Gasteiger charge is -2.40. The molecule has 0 saturated carbocycles. The summed E-state index contributed by atoms with van der Waals surface area (Å²) in [5.74, 6) is -2.37. The van der Waals surface area contributed by atoms with E-state index in [1.54, 1.807) is 6.08 Å². The number of nitrogens with zero attached hydrogens (tertiary/aromatic N) is 1. The molecule has 7 nitrogen and oxygen atoms in total. The Morgan fingerprint density at radius 3 is 2.45 bits per heavy atom. The second-order valence-electron chi connectivity index (χ2n) is 7.33. The molecule has 7 heteroatoms. The number of aliphatic carboxylic acids is 1. The van der Waals surface area contributed by atoms with Crippen LogP contribution in [0.25, 0.3) is 6.08 Å². The van der Waals surface area contributed by atoms with Gasteiger partial charge in [-0.1, -0.05) is 72.8 Å². The monoisotopic (exact) mass is 419 g/mol. The molecule has 1 amide bonds. The molecule has 0 bridgehead atoms. The molecule has 1 unspecified atom stereocenters. The van der Waals surface area contributed by atoms with E-state index in [4.69, 9.17) is 9.47 Å². The first-order valence-electron chi connectivity index (χ1n) is 9.87. The number of amides is 1. The Bertz CT molecular complexity index is 1050. The largest absolute Gasteiger partial charge is 0.478 e. The van der Waals surface area contributed by atoms with Crippen molar-refractivity contribution < 1.29 is 29.0 Å². The number of β-lactam (4-membered cyclic amide) rings is 1. The molecule has 1 N–H and O–H groups in total. The van der Waals surface area contributed by atoms with Crippen molar-refractivity contribution in [2.45, 2.75) is 31.2 Å². The predicted octanol–water partition coefficient (Wildman–Crippen LogP) is 3.13. The summed E-state index contributed by atoms with van der Waals surface area (Å²) in [5, 5.41) is 9.33. The van der Waals surface area contributed by atoms with Gasteiger partial charge >= 0.3 is 11.9 Å². The highest BCUT2D eigenvalue weighted by Crippen LogP contribution is 2.47. The topological polar surface area (TPSA) is 93.1 Å². The van der Waals surface area contributed by atoms with Crippen molar-refractivity contribution in [1.29, 1.82) is 0 Å². The van der Waals surface area contributed by atoms with Gasteiger partial charge in [0.15, 0.2) is 6.23 Å². The standard InChI is InChI=1S/C24H21NO6/c26-20-15-21-25(20)24(19(31-21)14-22(27)28,13-7-12-17-8-3-1-4-9-17)23(29)30-16-18-10-5-2-6-11-18/h1-12,14,21H,13,15-16H2,(H,27,28)/b12-7+,19-14?/t21-,24?/m1/s1. The van der Waals surface area contributed by atoms with Gasteiger partial charge < -0.3 is 14.6 Å². The van der Waals surface area contributed by atoms with Crippen LogP contribution in [0.1, 0.15) is 24.0 Å². The maximum atomic E-state index is 13.3. The van der Waals surface area contributed by atoms with Gasteiger partial charge in [0.05, 0.1) is 12.5 Å². The average molecular weight is 419 g/mol. The van der Waals surface area contributed by atoms with E-state index < -0.39 is 23.7 Å². The number of benzene rings is 2. The van der Waals surface area contributed by atoms with Crippen molar-refractivity contribution >= 4 is 23.9 Å². The third kappa shape index (κ3) is 3.94. The number of esters is 1. The first-order chi connectivity index (χ1) is 15.0. The van der Waals surface area contributed by atoms with Gasteiger partial charge in [0.25, 0.3) is 0 Å². The maximum absolute atomic E-state index is 13.3. The minimum Gasteiger partial charge on any atom is -0.478 e. The molecular formula is C24H21NO6. The molecule has 0 aliphatic carbocycles. The molecule has 0 aromatic heterocycles. The van der Waals surface area contributed by atoms with Gasteiger partial charge in [-0.05, 0) is 11.1 Å². The Morgan fingerprint density at radius 2 is 1.81 bits per heavy atom. The summed E-state index contributed by atoms with van der Waals surface area (Å²) in [6.07, 6.45) is 3.82. The fourth-order valence-electron chi connectivity index (χ4n) is 3.82. The van der Waals surface area contributed by atoms with Gasteiger partial charge in [0, 0.05) is 6.42 Å². The molecule has 2 saturated heterocycles. The van der Waals surface area contributed by atoms with Crippen molar-refractivity contribution in [2.75, 3.05) is 0 Å². The predicted molar refractivity (Wildman–Crippen MR) is 111 cm³/mol. The number of fused-ring (bicyclic) bond motifs is 1. The highest BCUT2D eigenvalue weighted by molar-refractivity contribution is 5.97. The van der Waals surface area contributed by atoms with Crippen LogP contribution < -0.4 is 0 Å². The van der Waals surface area contributed by atoms with Gasteiger partial charge in [-0.3, -0.25) is 9.69 Å². The zero-order valence-corrected chi connectivity index (χ0v) is 16.6. The van der Waals surface area contributed by atoms with Crippen molar-refractivity contribution in [3.63, 3.8) is 0 Å². The van der Waals surface area contributed by atoms with E-state index in [2.05, 4.69) is 0 Å². The lowest BCUT2D eigenvalue weighted by molar-refractivity contribution is -0.174. The third-order valence-corrected chi connectivity index (χ3v) is 5.32. The van der Waals surface area contributed by atoms with Crippen LogP contribution >= 0.6 is 0 Å². The third-order valence-electron chi connectivity index (χ3n) is 5.32. The van der Waals surface area contributed by atoms with Crippen molar-refractivity contribution in [3.05, 3.63) is 89.7 Å². The Kier molecular flexibility index (Phi) is 5.58. The Morgan fingerprint density at radius 1 is 1.13 bits per heavy atom. The van der Waals surface area contributed by atoms with Crippen LogP contribution in [-0.2, 0) is 30.5 Å². The van der Waals surface area contributed by atoms with Crippen LogP contribution in [0.15, 0.2) is 78.6 Å². The van der Waals surface area contributed by atoms with Crippen LogP contribution in [0.2, 0.25) is 0 Å². The average Bonchev–Trinajstić information content (AvgIpc) is 3.01. The van der Waals surface area contributed by atoms with E-state index in [1.807, 2.05) is 66.7 Å². The number of hydrogen-bond donors (Lipinski definition) is 1. The zero-order valence-electron chi connectivity index (χ0n) is 16.6. The second kappa shape index (κ2) is 8.47. The van der Waals surface area contributed by atoms with Crippen LogP contribution in [-0.4, -0.2) is 39.6 Å². The fourth-order valence-corrected chi connectivity index (χ4v) is 3.82. The second-order valence-corrected chi connectivity index (χ2v) is 7.33. The van der Waals surface area contributed by atoms with Gasteiger partial charge in [0.2, 0.25) is 11.4 Å². The molecule has 2 aliphatic rings. The van der Waals surface area contributed by atoms with E-state index >= 15 is 0 Å². The summed E-state index contributed by atoms with van der Waals surface area (Å²) in [7, 11) is 0. The van der Waals surface area contributed by atoms with Gasteiger partial charge in [-0.25, -0.2) is 9.59 Å². The summed E-state index contributed by atoms with van der Waals surface area (Å²) in [4.78, 5) is 38.5. The summed E-state index contributed by atoms with van der Waals surface area (Å²) < 4.78 is 11.2. The number of carbonyl (C=O) groups is 3. The van der Waals surface area contributed by atoms with Crippen LogP contribution in [0.4, 0.5) is 0 Å². The first-order valence-corrected chi connectivity index (χ1v) is 9.87. The van der Waals surface area contributed by atoms with Crippen molar-refractivity contribution in [1.82, 2.24) is 4.90 Å². The molecule has 4 rings (SSSR count). The number of hydrogen-bond acceptors (Lipinski definition) is 5. The van der Waals surface area contributed by atoms with E-state index in [-0.39, 0.29) is 31.1 Å². The fraction of sp³-hybridized carbons (Fsp3) is 0.208. The molecule has 0 radical (unpaired) electrons. The minimum atomic E-state index is -1.65. The van der Waals surface area contributed by atoms with Crippen molar-refractivity contribution in [3.8, 4) is 0 Å². The quantitative estimate of drug-likeness (QED) is 0.421. The van der Waals surface area contributed by atoms with E-state index in [0.29, 0.717) is 0 Å². The number of rotatable bonds is 7. The summed E-state index contributed by atoms with van der Waals surface area (Å²) in [6.45, 7) is -0.00310. The molecular weight excluding hydrogens is 398 g/mol. The highest BCUT2D eigenvalue weighted by atomic mass is 16.6. The van der Waals surface area contributed by atoms with E-state index in [9.17, 15) is 19.5 Å². The van der Waals surface area contributed by atoms with Gasteiger partial charge in [0.1, 0.15) is 12.4 Å². The summed E-state index contributed by atoms with van der Waals surface area (Å²) in [5.41, 5.74) is 0.0304. The molecule has 2 heterocycles. The molecule has 158 valence electrons. The first kappa shape index (κ1) is 20.4. The minimum absolute atomic E-state index is 0.00310. The lowest BCUT2D eigenvalue weighted by Crippen LogP contribution is -2.63. The molecule has 31 heavy (non-hydrogen) atoms. The number of ether oxygens (including phenoxy) is 2. The van der Waals surface area contributed by atoms with Gasteiger partial charge in [-0.15, -0.1) is 0 Å². The summed E-state index contributed by atoms with van der Waals surface area (Å²) >= 11 is 0. The number of carbonyl (C=O) groups excluding carboxylic acids is 2. The Labute approximate surface area is 179 Å². The van der Waals surface area contributed by atoms with E-state index in [1.165, 1.54) is 4.90 Å². The smallest absolute Gasteiger partial charge is 0.340 e. The molecule has 2 atom stereocenters. The van der Waals surface area contributed by atoms with Crippen LogP contribution in [0, 0.1) is 0 Å². The van der Waals surface area contributed by atoms with Crippen LogP contribution in [0.3, 0.4) is 0 Å². The van der Waals surface area contributed by atoms with Crippen molar-refractivity contribution in [2.24, 2.45) is 0 Å². The molecule has 2 aromatic rings. The maximum Gasteiger partial charge on any atom is 0.340 e. The zero-order chi connectivity index (χ0) is 21.8. The molecule has 0 spiro atoms. The van der Waals surface area contributed by atoms with Crippen LogP contribution in [0.5, 0.6) is 0 Å². The molecule has 2 aliphatic heterocycles. The Balaban J connectivity index is 1.66. The lowest BCUT2D eigenvalue weighted by atomic mass is 9.87. The number of carboxylic acid groups (broad SMARTS) is 1. The molecule has 2 aromatic carbocycles. The van der Waals surface area contributed by atoms with Gasteiger partial charge in [-0.2, -0.15) is 0 Å². The number of carboxylic acids is 1. The SMILES string of the molecule is O=C(O)C=C1O[C@@H]2CC(=O)N2C1(C/C=C/c1ccccc1)C(=O)OCc1ccccc1. The summed E-state index contributed by atoms with van der Waals surface area (Å²) in [6, 6.07) is 18.6. The normalized spacial score (nSPS) is 23.4.